The fourth-order valence-corrected chi connectivity index (χ4v) is 2.20. The average Bonchev–Trinajstić information content (AvgIpc) is 2.38. The summed E-state index contributed by atoms with van der Waals surface area (Å²) in [6.07, 6.45) is 3.53. The molecule has 16 heavy (non-hydrogen) atoms. The number of rotatable bonds is 4. The van der Waals surface area contributed by atoms with E-state index in [2.05, 4.69) is 35.2 Å². The quantitative estimate of drug-likeness (QED) is 0.783. The molecule has 1 aromatic carbocycles. The number of nitrogens with zero attached hydrogens (tertiary/aromatic N) is 1. The Morgan fingerprint density at radius 3 is 2.50 bits per heavy atom. The molecule has 2 N–H and O–H groups in total. The summed E-state index contributed by atoms with van der Waals surface area (Å²) in [5.41, 5.74) is 1.42. The van der Waals surface area contributed by atoms with Gasteiger partial charge in [-0.1, -0.05) is 30.3 Å². The van der Waals surface area contributed by atoms with E-state index in [1.54, 1.807) is 0 Å². The molecule has 1 fully saturated rings. The molecule has 0 aliphatic carbocycles. The highest BCUT2D eigenvalue weighted by atomic mass is 16.6. The normalized spacial score (nSPS) is 18.8. The first-order valence-electron chi connectivity index (χ1n) is 6.00. The van der Waals surface area contributed by atoms with Crippen LogP contribution in [0.4, 0.5) is 0 Å². The zero-order valence-electron chi connectivity index (χ0n) is 9.64. The number of hydrogen-bond donors (Lipinski definition) is 1. The Bertz CT molecular complexity index is 294. The standard InChI is InChI=1S/C13H20N2O/c14-16-13-7-10-15(11-8-13)9-6-12-4-2-1-3-5-12/h1-5,13H,6-11,14H2. The molecule has 0 bridgehead atoms. The molecule has 1 aromatic rings. The maximum Gasteiger partial charge on any atom is 0.0811 e. The van der Waals surface area contributed by atoms with Gasteiger partial charge in [-0.05, 0) is 24.8 Å². The summed E-state index contributed by atoms with van der Waals surface area (Å²) in [5, 5.41) is 0. The SMILES string of the molecule is NOC1CCN(CCc2ccccc2)CC1. The molecule has 0 atom stereocenters. The lowest BCUT2D eigenvalue weighted by atomic mass is 10.1. The van der Waals surface area contributed by atoms with Gasteiger partial charge < -0.3 is 9.74 Å². The molecule has 0 amide bonds. The topological polar surface area (TPSA) is 38.5 Å². The van der Waals surface area contributed by atoms with E-state index in [1.807, 2.05) is 0 Å². The van der Waals surface area contributed by atoms with Crippen LogP contribution in [0.25, 0.3) is 0 Å². The van der Waals surface area contributed by atoms with Gasteiger partial charge in [0.05, 0.1) is 6.10 Å². The Labute approximate surface area is 97.1 Å². The fourth-order valence-electron chi connectivity index (χ4n) is 2.20. The number of benzene rings is 1. The van der Waals surface area contributed by atoms with Crippen molar-refractivity contribution in [1.29, 1.82) is 0 Å². The van der Waals surface area contributed by atoms with Crippen molar-refractivity contribution in [3.8, 4) is 0 Å². The predicted molar refractivity (Wildman–Crippen MR) is 64.9 cm³/mol. The van der Waals surface area contributed by atoms with Gasteiger partial charge in [0.25, 0.3) is 0 Å². The number of piperidine rings is 1. The van der Waals surface area contributed by atoms with Gasteiger partial charge in [0, 0.05) is 19.6 Å². The first kappa shape index (κ1) is 11.6. The first-order chi connectivity index (χ1) is 7.88. The molecule has 2 rings (SSSR count). The molecular weight excluding hydrogens is 200 g/mol. The second-order valence-corrected chi connectivity index (χ2v) is 4.41. The molecule has 0 spiro atoms. The zero-order valence-corrected chi connectivity index (χ0v) is 9.64. The van der Waals surface area contributed by atoms with Crippen LogP contribution in [0.15, 0.2) is 30.3 Å². The second-order valence-electron chi connectivity index (χ2n) is 4.41. The summed E-state index contributed by atoms with van der Waals surface area (Å²) in [5.74, 6) is 5.20. The Hall–Kier alpha value is -0.900. The van der Waals surface area contributed by atoms with E-state index in [1.165, 1.54) is 5.56 Å². The molecule has 0 radical (unpaired) electrons. The van der Waals surface area contributed by atoms with Crippen LogP contribution in [0.3, 0.4) is 0 Å². The van der Waals surface area contributed by atoms with E-state index in [0.29, 0.717) is 0 Å². The lowest BCUT2D eigenvalue weighted by Crippen LogP contribution is -2.38. The minimum Gasteiger partial charge on any atom is -0.303 e. The molecular formula is C13H20N2O. The minimum absolute atomic E-state index is 0.271. The van der Waals surface area contributed by atoms with Crippen molar-refractivity contribution in [2.75, 3.05) is 19.6 Å². The Kier molecular flexibility index (Phi) is 4.34. The molecule has 3 heteroatoms. The highest BCUT2D eigenvalue weighted by molar-refractivity contribution is 5.14. The third kappa shape index (κ3) is 3.30. The molecule has 1 heterocycles. The molecule has 88 valence electrons. The van der Waals surface area contributed by atoms with E-state index in [-0.39, 0.29) is 6.10 Å². The van der Waals surface area contributed by atoms with E-state index >= 15 is 0 Å². The van der Waals surface area contributed by atoms with Crippen molar-refractivity contribution in [3.63, 3.8) is 0 Å². The van der Waals surface area contributed by atoms with Crippen LogP contribution < -0.4 is 5.90 Å². The molecule has 1 aliphatic rings. The van der Waals surface area contributed by atoms with E-state index in [9.17, 15) is 0 Å². The maximum absolute atomic E-state index is 5.20. The largest absolute Gasteiger partial charge is 0.303 e. The maximum atomic E-state index is 5.20. The van der Waals surface area contributed by atoms with E-state index < -0.39 is 0 Å². The summed E-state index contributed by atoms with van der Waals surface area (Å²) in [7, 11) is 0. The molecule has 0 aromatic heterocycles. The van der Waals surface area contributed by atoms with Gasteiger partial charge in [-0.15, -0.1) is 0 Å². The van der Waals surface area contributed by atoms with Crippen molar-refractivity contribution in [1.82, 2.24) is 4.90 Å². The van der Waals surface area contributed by atoms with Gasteiger partial charge in [0.2, 0.25) is 0 Å². The van der Waals surface area contributed by atoms with Crippen LogP contribution >= 0.6 is 0 Å². The monoisotopic (exact) mass is 220 g/mol. The summed E-state index contributed by atoms with van der Waals surface area (Å²) in [6, 6.07) is 10.6. The molecule has 0 unspecified atom stereocenters. The summed E-state index contributed by atoms with van der Waals surface area (Å²) < 4.78 is 0. The van der Waals surface area contributed by atoms with Crippen LogP contribution in [0.5, 0.6) is 0 Å². The van der Waals surface area contributed by atoms with Gasteiger partial charge in [-0.3, -0.25) is 0 Å². The highest BCUT2D eigenvalue weighted by Gasteiger charge is 2.18. The summed E-state index contributed by atoms with van der Waals surface area (Å²) in [4.78, 5) is 7.36. The minimum atomic E-state index is 0.271. The third-order valence-corrected chi connectivity index (χ3v) is 3.29. The molecule has 0 saturated carbocycles. The molecule has 3 nitrogen and oxygen atoms in total. The smallest absolute Gasteiger partial charge is 0.0811 e. The van der Waals surface area contributed by atoms with Gasteiger partial charge in [-0.2, -0.15) is 0 Å². The Balaban J connectivity index is 1.72. The van der Waals surface area contributed by atoms with Gasteiger partial charge in [-0.25, -0.2) is 5.90 Å². The Morgan fingerprint density at radius 2 is 1.88 bits per heavy atom. The van der Waals surface area contributed by atoms with Gasteiger partial charge in [0.15, 0.2) is 0 Å². The number of nitrogens with two attached hydrogens (primary N) is 1. The lowest BCUT2D eigenvalue weighted by Gasteiger charge is -2.30. The predicted octanol–water partition coefficient (Wildman–Crippen LogP) is 1.58. The van der Waals surface area contributed by atoms with Crippen LogP contribution in [-0.4, -0.2) is 30.6 Å². The van der Waals surface area contributed by atoms with Crippen molar-refractivity contribution < 1.29 is 4.84 Å². The van der Waals surface area contributed by atoms with Crippen molar-refractivity contribution in [2.24, 2.45) is 5.90 Å². The van der Waals surface area contributed by atoms with Gasteiger partial charge in [0.1, 0.15) is 0 Å². The fraction of sp³-hybridized carbons (Fsp3) is 0.538. The highest BCUT2D eigenvalue weighted by Crippen LogP contribution is 2.12. The van der Waals surface area contributed by atoms with Crippen LogP contribution in [0, 0.1) is 0 Å². The van der Waals surface area contributed by atoms with Crippen LogP contribution in [0.1, 0.15) is 18.4 Å². The van der Waals surface area contributed by atoms with Crippen molar-refractivity contribution in [3.05, 3.63) is 35.9 Å². The lowest BCUT2D eigenvalue weighted by molar-refractivity contribution is 0.00686. The first-order valence-corrected chi connectivity index (χ1v) is 6.00. The molecule has 1 saturated heterocycles. The second kappa shape index (κ2) is 5.99. The van der Waals surface area contributed by atoms with E-state index in [4.69, 9.17) is 10.7 Å². The van der Waals surface area contributed by atoms with Crippen LogP contribution in [0.2, 0.25) is 0 Å². The molecule has 1 aliphatic heterocycles. The van der Waals surface area contributed by atoms with E-state index in [0.717, 1.165) is 38.9 Å². The summed E-state index contributed by atoms with van der Waals surface area (Å²) in [6.45, 7) is 3.35. The van der Waals surface area contributed by atoms with Gasteiger partial charge >= 0.3 is 0 Å². The van der Waals surface area contributed by atoms with Crippen LogP contribution in [-0.2, 0) is 11.3 Å². The third-order valence-electron chi connectivity index (χ3n) is 3.29. The Morgan fingerprint density at radius 1 is 1.19 bits per heavy atom. The van der Waals surface area contributed by atoms with Crippen molar-refractivity contribution >= 4 is 0 Å². The average molecular weight is 220 g/mol. The summed E-state index contributed by atoms with van der Waals surface area (Å²) >= 11 is 0. The number of likely N-dealkylation sites (tertiary alicyclic amines) is 1. The van der Waals surface area contributed by atoms with Crippen molar-refractivity contribution in [2.45, 2.75) is 25.4 Å². The number of hydrogen-bond acceptors (Lipinski definition) is 3. The zero-order chi connectivity index (χ0) is 11.2.